The van der Waals surface area contributed by atoms with Crippen molar-refractivity contribution < 1.29 is 13.2 Å². The normalized spacial score (nSPS) is 11.1. The van der Waals surface area contributed by atoms with E-state index in [0.717, 1.165) is 16.9 Å². The molecule has 1 N–H and O–H groups in total. The van der Waals surface area contributed by atoms with Crippen LogP contribution in [0.25, 0.3) is 0 Å². The van der Waals surface area contributed by atoms with Crippen LogP contribution in [-0.4, -0.2) is 28.2 Å². The van der Waals surface area contributed by atoms with Crippen molar-refractivity contribution in [3.05, 3.63) is 29.2 Å². The molecule has 5 nitrogen and oxygen atoms in total. The lowest BCUT2D eigenvalue weighted by Crippen LogP contribution is -2.27. The molecule has 0 atom stereocenters. The number of sulfonamides is 1. The Balaban J connectivity index is 2.46. The number of thiophene rings is 1. The molecule has 7 heteroatoms. The fourth-order valence-corrected chi connectivity index (χ4v) is 3.25. The van der Waals surface area contributed by atoms with Gasteiger partial charge in [0, 0.05) is 6.54 Å². The summed E-state index contributed by atoms with van der Waals surface area (Å²) < 4.78 is 31.3. The molecule has 1 aromatic rings. The highest BCUT2D eigenvalue weighted by Gasteiger charge is 2.15. The van der Waals surface area contributed by atoms with Crippen LogP contribution in [0.5, 0.6) is 0 Å². The second-order valence-corrected chi connectivity index (χ2v) is 6.72. The number of nitriles is 1. The van der Waals surface area contributed by atoms with Crippen molar-refractivity contribution >= 4 is 21.4 Å². The lowest BCUT2D eigenvalue weighted by atomic mass is 10.4. The van der Waals surface area contributed by atoms with Crippen LogP contribution in [0.4, 0.5) is 0 Å². The third-order valence-corrected chi connectivity index (χ3v) is 4.79. The van der Waals surface area contributed by atoms with Gasteiger partial charge in [-0.15, -0.1) is 11.3 Å². The molecule has 18 heavy (non-hydrogen) atoms. The van der Waals surface area contributed by atoms with E-state index in [4.69, 9.17) is 10.00 Å². The van der Waals surface area contributed by atoms with Gasteiger partial charge >= 0.3 is 0 Å². The van der Waals surface area contributed by atoms with Gasteiger partial charge in [0.25, 0.3) is 0 Å². The van der Waals surface area contributed by atoms with Gasteiger partial charge in [-0.25, -0.2) is 13.1 Å². The summed E-state index contributed by atoms with van der Waals surface area (Å²) in [6.45, 7) is 6.39. The highest BCUT2D eigenvalue weighted by atomic mass is 32.2. The third kappa shape index (κ3) is 4.58. The van der Waals surface area contributed by atoms with Crippen molar-refractivity contribution in [2.24, 2.45) is 0 Å². The zero-order valence-electron chi connectivity index (χ0n) is 9.97. The average Bonchev–Trinajstić information content (AvgIpc) is 2.77. The van der Waals surface area contributed by atoms with Gasteiger partial charge in [-0.3, -0.25) is 0 Å². The van der Waals surface area contributed by atoms with Gasteiger partial charge in [-0.1, -0.05) is 12.2 Å². The minimum Gasteiger partial charge on any atom is -0.376 e. The number of hydrogen-bond acceptors (Lipinski definition) is 5. The maximum absolute atomic E-state index is 11.8. The fraction of sp³-hybridized carbons (Fsp3) is 0.364. The second-order valence-electron chi connectivity index (χ2n) is 3.64. The van der Waals surface area contributed by atoms with Crippen molar-refractivity contribution in [3.8, 4) is 6.07 Å². The van der Waals surface area contributed by atoms with Gasteiger partial charge in [0.15, 0.2) is 0 Å². The van der Waals surface area contributed by atoms with Crippen LogP contribution in [-0.2, 0) is 14.8 Å². The summed E-state index contributed by atoms with van der Waals surface area (Å²) in [7, 11) is -3.54. The Bertz CT molecular complexity index is 555. The number of rotatable bonds is 7. The fourth-order valence-electron chi connectivity index (χ4n) is 1.09. The van der Waals surface area contributed by atoms with Crippen LogP contribution in [0.3, 0.4) is 0 Å². The number of nitrogens with zero attached hydrogens (tertiary/aromatic N) is 1. The van der Waals surface area contributed by atoms with Gasteiger partial charge in [-0.2, -0.15) is 5.26 Å². The molecular weight excluding hydrogens is 272 g/mol. The van der Waals surface area contributed by atoms with E-state index in [1.807, 2.05) is 13.0 Å². The minimum atomic E-state index is -3.54. The van der Waals surface area contributed by atoms with Crippen molar-refractivity contribution in [1.82, 2.24) is 4.72 Å². The molecule has 0 fully saturated rings. The Labute approximate surface area is 111 Å². The number of nitrogens with one attached hydrogen (secondary N) is 1. The number of hydrogen-bond donors (Lipinski definition) is 1. The summed E-state index contributed by atoms with van der Waals surface area (Å²) in [5.41, 5.74) is 0.884. The van der Waals surface area contributed by atoms with E-state index in [1.54, 1.807) is 0 Å². The molecule has 0 aromatic carbocycles. The van der Waals surface area contributed by atoms with Crippen molar-refractivity contribution in [2.45, 2.75) is 11.1 Å². The molecule has 0 saturated heterocycles. The molecule has 1 heterocycles. The maximum atomic E-state index is 11.8. The predicted molar refractivity (Wildman–Crippen MR) is 69.9 cm³/mol. The van der Waals surface area contributed by atoms with E-state index < -0.39 is 10.0 Å². The zero-order chi connectivity index (χ0) is 13.6. The molecule has 0 spiro atoms. The smallest absolute Gasteiger partial charge is 0.250 e. The Morgan fingerprint density at radius 1 is 1.61 bits per heavy atom. The van der Waals surface area contributed by atoms with Crippen molar-refractivity contribution in [3.63, 3.8) is 0 Å². The van der Waals surface area contributed by atoms with Crippen LogP contribution >= 0.6 is 11.3 Å². The molecule has 98 valence electrons. The monoisotopic (exact) mass is 286 g/mol. The van der Waals surface area contributed by atoms with E-state index in [-0.39, 0.29) is 17.4 Å². The molecule has 0 aliphatic carbocycles. The van der Waals surface area contributed by atoms with Crippen LogP contribution < -0.4 is 4.72 Å². The molecule has 1 rings (SSSR count). The lowest BCUT2D eigenvalue weighted by molar-refractivity contribution is 0.162. The topological polar surface area (TPSA) is 79.2 Å². The summed E-state index contributed by atoms with van der Waals surface area (Å²) >= 11 is 0.942. The summed E-state index contributed by atoms with van der Waals surface area (Å²) in [6.07, 6.45) is 0. The van der Waals surface area contributed by atoms with Gasteiger partial charge in [0.2, 0.25) is 10.0 Å². The molecule has 0 bridgehead atoms. The summed E-state index contributed by atoms with van der Waals surface area (Å²) in [5, 5.41) is 8.63. The molecule has 0 amide bonds. The van der Waals surface area contributed by atoms with Gasteiger partial charge in [0.1, 0.15) is 15.2 Å². The Hall–Kier alpha value is -1.20. The van der Waals surface area contributed by atoms with Crippen LogP contribution in [0, 0.1) is 11.3 Å². The predicted octanol–water partition coefficient (Wildman–Crippen LogP) is 1.49. The van der Waals surface area contributed by atoms with Crippen molar-refractivity contribution in [1.29, 1.82) is 5.26 Å². The van der Waals surface area contributed by atoms with Gasteiger partial charge < -0.3 is 4.74 Å². The molecule has 1 aromatic heterocycles. The average molecular weight is 286 g/mol. The standard InChI is InChI=1S/C11H14N2O3S2/c1-9(2)8-16-6-5-13-18(14,15)11-4-3-10(7-12)17-11/h3-4,13H,1,5-6,8H2,2H3. The van der Waals surface area contributed by atoms with Crippen LogP contribution in [0.1, 0.15) is 11.8 Å². The van der Waals surface area contributed by atoms with Crippen LogP contribution in [0.15, 0.2) is 28.5 Å². The van der Waals surface area contributed by atoms with Gasteiger partial charge in [-0.05, 0) is 19.1 Å². The molecule has 0 saturated carbocycles. The third-order valence-electron chi connectivity index (χ3n) is 1.84. The maximum Gasteiger partial charge on any atom is 0.250 e. The first kappa shape index (κ1) is 14.9. The minimum absolute atomic E-state index is 0.138. The van der Waals surface area contributed by atoms with E-state index in [2.05, 4.69) is 11.3 Å². The Morgan fingerprint density at radius 3 is 2.89 bits per heavy atom. The molecule has 0 unspecified atom stereocenters. The summed E-state index contributed by atoms with van der Waals surface area (Å²) in [6, 6.07) is 4.80. The highest BCUT2D eigenvalue weighted by molar-refractivity contribution is 7.91. The largest absolute Gasteiger partial charge is 0.376 e. The second kappa shape index (κ2) is 6.66. The SMILES string of the molecule is C=C(C)COCCNS(=O)(=O)c1ccc(C#N)s1. The molecule has 0 aliphatic rings. The Kier molecular flexibility index (Phi) is 5.50. The number of ether oxygens (including phenoxy) is 1. The molecule has 0 aliphatic heterocycles. The molecule has 0 radical (unpaired) electrons. The highest BCUT2D eigenvalue weighted by Crippen LogP contribution is 2.20. The van der Waals surface area contributed by atoms with E-state index >= 15 is 0 Å². The van der Waals surface area contributed by atoms with E-state index in [0.29, 0.717) is 11.5 Å². The summed E-state index contributed by atoms with van der Waals surface area (Å²) in [5.74, 6) is 0. The van der Waals surface area contributed by atoms with E-state index in [9.17, 15) is 8.42 Å². The lowest BCUT2D eigenvalue weighted by Gasteiger charge is -2.05. The van der Waals surface area contributed by atoms with Crippen LogP contribution in [0.2, 0.25) is 0 Å². The van der Waals surface area contributed by atoms with E-state index in [1.165, 1.54) is 12.1 Å². The quantitative estimate of drug-likeness (QED) is 0.608. The van der Waals surface area contributed by atoms with Crippen molar-refractivity contribution in [2.75, 3.05) is 19.8 Å². The summed E-state index contributed by atoms with van der Waals surface area (Å²) in [4.78, 5) is 0.369. The Morgan fingerprint density at radius 2 is 2.33 bits per heavy atom. The van der Waals surface area contributed by atoms with Gasteiger partial charge in [0.05, 0.1) is 13.2 Å². The first-order chi connectivity index (χ1) is 8.45. The first-order valence-electron chi connectivity index (χ1n) is 5.17. The molecular formula is C11H14N2O3S2. The first-order valence-corrected chi connectivity index (χ1v) is 7.47. The zero-order valence-corrected chi connectivity index (χ0v) is 11.6.